The molecule has 5 nitrogen and oxygen atoms in total. The van der Waals surface area contributed by atoms with Gasteiger partial charge in [0.05, 0.1) is 10.6 Å². The predicted octanol–water partition coefficient (Wildman–Crippen LogP) is 2.38. The molecule has 6 heteroatoms. The first-order valence-electron chi connectivity index (χ1n) is 6.58. The van der Waals surface area contributed by atoms with E-state index in [0.717, 1.165) is 25.6 Å². The highest BCUT2D eigenvalue weighted by molar-refractivity contribution is 5.53. The molecule has 0 aromatic heterocycles. The second-order valence-corrected chi connectivity index (χ2v) is 5.28. The Bertz CT molecular complexity index is 505. The summed E-state index contributed by atoms with van der Waals surface area (Å²) in [6, 6.07) is 4.49. The van der Waals surface area contributed by atoms with E-state index >= 15 is 0 Å². The summed E-state index contributed by atoms with van der Waals surface area (Å²) in [5.41, 5.74) is 0.151. The largest absolute Gasteiger partial charge is 0.378 e. The van der Waals surface area contributed by atoms with Crippen LogP contribution in [-0.2, 0) is 0 Å². The number of hydrogen-bond acceptors (Lipinski definition) is 4. The summed E-state index contributed by atoms with van der Waals surface area (Å²) in [7, 11) is 0. The Labute approximate surface area is 110 Å². The third kappa shape index (κ3) is 2.68. The van der Waals surface area contributed by atoms with E-state index < -0.39 is 10.7 Å². The van der Waals surface area contributed by atoms with Crippen LogP contribution < -0.4 is 5.32 Å². The van der Waals surface area contributed by atoms with Gasteiger partial charge in [-0.15, -0.1) is 0 Å². The number of non-ortho nitro benzene ring substituents is 1. The van der Waals surface area contributed by atoms with Crippen molar-refractivity contribution in [3.8, 4) is 0 Å². The average molecular weight is 265 g/mol. The van der Waals surface area contributed by atoms with Crippen molar-refractivity contribution >= 4 is 11.4 Å². The topological polar surface area (TPSA) is 58.4 Å². The van der Waals surface area contributed by atoms with Crippen LogP contribution in [0.15, 0.2) is 18.2 Å². The van der Waals surface area contributed by atoms with Crippen molar-refractivity contribution in [2.24, 2.45) is 0 Å². The van der Waals surface area contributed by atoms with Crippen LogP contribution in [0.25, 0.3) is 0 Å². The van der Waals surface area contributed by atoms with Crippen molar-refractivity contribution in [2.75, 3.05) is 18.4 Å². The van der Waals surface area contributed by atoms with Crippen LogP contribution in [0.2, 0.25) is 0 Å². The van der Waals surface area contributed by atoms with Gasteiger partial charge in [-0.25, -0.2) is 4.39 Å². The number of nitro groups is 1. The lowest BCUT2D eigenvalue weighted by Gasteiger charge is -2.16. The molecule has 1 aromatic carbocycles. The SMILES string of the molecule is O=[N+]([O-])c1ccc(F)c(NC2CCN(C3CC3)C2)c1. The maximum atomic E-state index is 13.7. The summed E-state index contributed by atoms with van der Waals surface area (Å²) in [6.07, 6.45) is 3.48. The molecular formula is C13H16FN3O2. The normalized spacial score (nSPS) is 23.5. The third-order valence-electron chi connectivity index (χ3n) is 3.80. The number of benzene rings is 1. The molecule has 1 atom stereocenters. The van der Waals surface area contributed by atoms with E-state index in [1.165, 1.54) is 25.0 Å². The maximum absolute atomic E-state index is 13.7. The fourth-order valence-electron chi connectivity index (χ4n) is 2.63. The number of halogens is 1. The molecule has 1 aromatic rings. The van der Waals surface area contributed by atoms with Crippen LogP contribution in [-0.4, -0.2) is 35.0 Å². The zero-order chi connectivity index (χ0) is 13.4. The highest BCUT2D eigenvalue weighted by atomic mass is 19.1. The highest BCUT2D eigenvalue weighted by Crippen LogP contribution is 2.31. The van der Waals surface area contributed by atoms with Crippen LogP contribution >= 0.6 is 0 Å². The average Bonchev–Trinajstić information content (AvgIpc) is 3.13. The molecule has 1 aliphatic heterocycles. The summed E-state index contributed by atoms with van der Waals surface area (Å²) in [5.74, 6) is -0.435. The first-order valence-corrected chi connectivity index (χ1v) is 6.58. The smallest absolute Gasteiger partial charge is 0.271 e. The van der Waals surface area contributed by atoms with Gasteiger partial charge in [-0.3, -0.25) is 15.0 Å². The summed E-state index contributed by atoms with van der Waals surface area (Å²) in [4.78, 5) is 12.6. The van der Waals surface area contributed by atoms with E-state index in [0.29, 0.717) is 6.04 Å². The van der Waals surface area contributed by atoms with Gasteiger partial charge in [-0.05, 0) is 25.3 Å². The Morgan fingerprint density at radius 3 is 2.84 bits per heavy atom. The minimum Gasteiger partial charge on any atom is -0.378 e. The Hall–Kier alpha value is -1.69. The third-order valence-corrected chi connectivity index (χ3v) is 3.80. The molecule has 1 N–H and O–H groups in total. The zero-order valence-corrected chi connectivity index (χ0v) is 10.5. The quantitative estimate of drug-likeness (QED) is 0.670. The van der Waals surface area contributed by atoms with Crippen LogP contribution in [0.5, 0.6) is 0 Å². The second-order valence-electron chi connectivity index (χ2n) is 5.28. The molecule has 0 bridgehead atoms. The minimum atomic E-state index is -0.504. The van der Waals surface area contributed by atoms with E-state index in [1.54, 1.807) is 0 Å². The molecule has 1 aliphatic carbocycles. The molecule has 19 heavy (non-hydrogen) atoms. The number of likely N-dealkylation sites (tertiary alicyclic amines) is 1. The Balaban J connectivity index is 1.68. The summed E-state index contributed by atoms with van der Waals surface area (Å²) >= 11 is 0. The number of nitrogens with zero attached hydrogens (tertiary/aromatic N) is 2. The van der Waals surface area contributed by atoms with Crippen molar-refractivity contribution in [1.82, 2.24) is 4.90 Å². The molecule has 0 radical (unpaired) electrons. The van der Waals surface area contributed by atoms with Crippen molar-refractivity contribution in [1.29, 1.82) is 0 Å². The fraction of sp³-hybridized carbons (Fsp3) is 0.538. The predicted molar refractivity (Wildman–Crippen MR) is 69.7 cm³/mol. The molecule has 0 spiro atoms. The molecule has 102 valence electrons. The number of rotatable bonds is 4. The first-order chi connectivity index (χ1) is 9.13. The van der Waals surface area contributed by atoms with E-state index in [2.05, 4.69) is 10.2 Å². The molecule has 1 saturated carbocycles. The first kappa shape index (κ1) is 12.3. The highest BCUT2D eigenvalue weighted by Gasteiger charge is 2.34. The molecule has 2 aliphatic rings. The minimum absolute atomic E-state index is 0.0825. The van der Waals surface area contributed by atoms with E-state index in [-0.39, 0.29) is 17.4 Å². The van der Waals surface area contributed by atoms with E-state index in [9.17, 15) is 14.5 Å². The van der Waals surface area contributed by atoms with Gasteiger partial charge in [0.2, 0.25) is 0 Å². The second kappa shape index (κ2) is 4.77. The number of anilines is 1. The fourth-order valence-corrected chi connectivity index (χ4v) is 2.63. The van der Waals surface area contributed by atoms with Gasteiger partial charge in [-0.2, -0.15) is 0 Å². The number of nitro benzene ring substituents is 1. The van der Waals surface area contributed by atoms with Crippen LogP contribution in [0.4, 0.5) is 15.8 Å². The van der Waals surface area contributed by atoms with Crippen molar-refractivity contribution in [3.63, 3.8) is 0 Å². The molecule has 3 rings (SSSR count). The van der Waals surface area contributed by atoms with Crippen LogP contribution in [0, 0.1) is 15.9 Å². The Morgan fingerprint density at radius 2 is 2.16 bits per heavy atom. The number of hydrogen-bond donors (Lipinski definition) is 1. The summed E-state index contributed by atoms with van der Waals surface area (Å²) in [6.45, 7) is 1.92. The molecule has 1 saturated heterocycles. The monoisotopic (exact) mass is 265 g/mol. The van der Waals surface area contributed by atoms with Gasteiger partial charge in [0.25, 0.3) is 5.69 Å². The van der Waals surface area contributed by atoms with Gasteiger partial charge in [0.1, 0.15) is 5.82 Å². The zero-order valence-electron chi connectivity index (χ0n) is 10.5. The van der Waals surface area contributed by atoms with Crippen molar-refractivity contribution in [2.45, 2.75) is 31.3 Å². The lowest BCUT2D eigenvalue weighted by Crippen LogP contribution is -2.28. The van der Waals surface area contributed by atoms with Gasteiger partial charge >= 0.3 is 0 Å². The van der Waals surface area contributed by atoms with Gasteiger partial charge in [0.15, 0.2) is 0 Å². The van der Waals surface area contributed by atoms with Gasteiger partial charge in [-0.1, -0.05) is 0 Å². The summed E-state index contributed by atoms with van der Waals surface area (Å²) in [5, 5.41) is 13.8. The van der Waals surface area contributed by atoms with E-state index in [4.69, 9.17) is 0 Å². The lowest BCUT2D eigenvalue weighted by molar-refractivity contribution is -0.384. The van der Waals surface area contributed by atoms with E-state index in [1.807, 2.05) is 0 Å². The van der Waals surface area contributed by atoms with Crippen LogP contribution in [0.3, 0.4) is 0 Å². The molecule has 1 unspecified atom stereocenters. The maximum Gasteiger partial charge on any atom is 0.271 e. The molecule has 1 heterocycles. The lowest BCUT2D eigenvalue weighted by atomic mass is 10.2. The molecule has 0 amide bonds. The standard InChI is InChI=1S/C13H16FN3O2/c14-12-4-3-11(17(18)19)7-13(12)15-9-5-6-16(8-9)10-1-2-10/h3-4,7,9-10,15H,1-2,5-6,8H2. The molecular weight excluding hydrogens is 249 g/mol. The summed E-state index contributed by atoms with van der Waals surface area (Å²) < 4.78 is 13.7. The Kier molecular flexibility index (Phi) is 3.10. The number of nitrogens with one attached hydrogen (secondary N) is 1. The van der Waals surface area contributed by atoms with Crippen LogP contribution in [0.1, 0.15) is 19.3 Å². The Morgan fingerprint density at radius 1 is 1.37 bits per heavy atom. The molecule has 2 fully saturated rings. The van der Waals surface area contributed by atoms with Gasteiger partial charge in [0, 0.05) is 37.3 Å². The van der Waals surface area contributed by atoms with Crippen molar-refractivity contribution in [3.05, 3.63) is 34.1 Å². The van der Waals surface area contributed by atoms with Crippen molar-refractivity contribution < 1.29 is 9.31 Å². The van der Waals surface area contributed by atoms with Gasteiger partial charge < -0.3 is 5.32 Å².